The highest BCUT2D eigenvalue weighted by Gasteiger charge is 2.42. The molecule has 166 valence electrons. The van der Waals surface area contributed by atoms with Gasteiger partial charge in [0.25, 0.3) is 0 Å². The third kappa shape index (κ3) is 4.93. The van der Waals surface area contributed by atoms with Gasteiger partial charge in [-0.15, -0.1) is 0 Å². The fraction of sp³-hybridized carbons (Fsp3) is 0.269. The van der Waals surface area contributed by atoms with E-state index in [-0.39, 0.29) is 6.61 Å². The van der Waals surface area contributed by atoms with Crippen molar-refractivity contribution in [1.29, 1.82) is 0 Å². The average Bonchev–Trinajstić information content (AvgIpc) is 2.83. The molecule has 32 heavy (non-hydrogen) atoms. The number of ether oxygens (including phenoxy) is 5. The molecule has 0 saturated carbocycles. The number of benzene rings is 3. The normalized spacial score (nSPS) is 14.3. The zero-order chi connectivity index (χ0) is 22.4. The number of carbonyl (C=O) groups excluding carboxylic acids is 1. The van der Waals surface area contributed by atoms with Gasteiger partial charge >= 0.3 is 5.97 Å². The Hall–Kier alpha value is -3.35. The van der Waals surface area contributed by atoms with E-state index in [1.807, 2.05) is 60.7 Å². The molecular formula is C26H26O6. The summed E-state index contributed by atoms with van der Waals surface area (Å²) < 4.78 is 27.0. The molecule has 1 heterocycles. The Bertz CT molecular complexity index is 1040. The van der Waals surface area contributed by atoms with Crippen LogP contribution in [-0.2, 0) is 31.2 Å². The van der Waals surface area contributed by atoms with Gasteiger partial charge in [-0.25, -0.2) is 4.79 Å². The molecule has 3 aromatic rings. The van der Waals surface area contributed by atoms with Crippen LogP contribution in [-0.4, -0.2) is 40.0 Å². The average molecular weight is 434 g/mol. The SMILES string of the molecule is COC(=O)COC1(c2ccc(OCc3cccc(-c4ccc(OC)cc4)c3)cc2)COC1. The van der Waals surface area contributed by atoms with Gasteiger partial charge in [-0.2, -0.15) is 0 Å². The summed E-state index contributed by atoms with van der Waals surface area (Å²) >= 11 is 0. The molecule has 6 nitrogen and oxygen atoms in total. The summed E-state index contributed by atoms with van der Waals surface area (Å²) in [5.74, 6) is 1.18. The highest BCUT2D eigenvalue weighted by Crippen LogP contribution is 2.34. The van der Waals surface area contributed by atoms with Crippen LogP contribution < -0.4 is 9.47 Å². The van der Waals surface area contributed by atoms with Gasteiger partial charge in [0, 0.05) is 0 Å². The fourth-order valence-electron chi connectivity index (χ4n) is 3.52. The molecule has 1 fully saturated rings. The van der Waals surface area contributed by atoms with E-state index in [0.29, 0.717) is 19.8 Å². The Morgan fingerprint density at radius 2 is 1.62 bits per heavy atom. The lowest BCUT2D eigenvalue weighted by atomic mass is 9.91. The third-order valence-corrected chi connectivity index (χ3v) is 5.50. The van der Waals surface area contributed by atoms with Crippen LogP contribution in [0.2, 0.25) is 0 Å². The van der Waals surface area contributed by atoms with Crippen LogP contribution in [0.15, 0.2) is 72.8 Å². The van der Waals surface area contributed by atoms with Crippen molar-refractivity contribution >= 4 is 5.97 Å². The van der Waals surface area contributed by atoms with Gasteiger partial charge in [-0.05, 0) is 52.6 Å². The van der Waals surface area contributed by atoms with E-state index in [2.05, 4.69) is 16.9 Å². The van der Waals surface area contributed by atoms with Crippen LogP contribution in [0, 0.1) is 0 Å². The maximum Gasteiger partial charge on any atom is 0.331 e. The highest BCUT2D eigenvalue weighted by atomic mass is 16.6. The molecule has 0 unspecified atom stereocenters. The Kier molecular flexibility index (Phi) is 6.73. The molecule has 1 saturated heterocycles. The summed E-state index contributed by atoms with van der Waals surface area (Å²) in [4.78, 5) is 11.4. The summed E-state index contributed by atoms with van der Waals surface area (Å²) in [6.07, 6.45) is 0. The quantitative estimate of drug-likeness (QED) is 0.467. The Morgan fingerprint density at radius 3 is 2.25 bits per heavy atom. The van der Waals surface area contributed by atoms with Crippen molar-refractivity contribution in [2.75, 3.05) is 34.0 Å². The first-order valence-electron chi connectivity index (χ1n) is 10.4. The fourth-order valence-corrected chi connectivity index (χ4v) is 3.52. The van der Waals surface area contributed by atoms with Crippen LogP contribution in [0.25, 0.3) is 11.1 Å². The largest absolute Gasteiger partial charge is 0.497 e. The van der Waals surface area contributed by atoms with Gasteiger partial charge in [-0.1, -0.05) is 42.5 Å². The lowest BCUT2D eigenvalue weighted by Crippen LogP contribution is -2.49. The van der Waals surface area contributed by atoms with Gasteiger partial charge in [0.15, 0.2) is 0 Å². The molecule has 6 heteroatoms. The molecule has 0 amide bonds. The second-order valence-corrected chi connectivity index (χ2v) is 7.59. The van der Waals surface area contributed by atoms with E-state index < -0.39 is 11.6 Å². The van der Waals surface area contributed by atoms with E-state index >= 15 is 0 Å². The number of methoxy groups -OCH3 is 2. The molecule has 0 aliphatic carbocycles. The van der Waals surface area contributed by atoms with E-state index in [1.54, 1.807) is 7.11 Å². The molecule has 0 radical (unpaired) electrons. The first-order valence-corrected chi connectivity index (χ1v) is 10.4. The predicted octanol–water partition coefficient (Wildman–Crippen LogP) is 4.36. The van der Waals surface area contributed by atoms with Crippen LogP contribution in [0.4, 0.5) is 0 Å². The summed E-state index contributed by atoms with van der Waals surface area (Å²) in [5.41, 5.74) is 3.66. The molecule has 1 aliphatic heterocycles. The van der Waals surface area contributed by atoms with Crippen molar-refractivity contribution in [3.63, 3.8) is 0 Å². The van der Waals surface area contributed by atoms with E-state index in [9.17, 15) is 4.79 Å². The standard InChI is InChI=1S/C26H26O6/c1-28-23-10-6-20(7-11-23)21-5-3-4-19(14-21)15-31-24-12-8-22(9-13-24)26(17-30-18-26)32-16-25(27)29-2/h3-14H,15-18H2,1-2H3. The topological polar surface area (TPSA) is 63.2 Å². The van der Waals surface area contributed by atoms with Crippen molar-refractivity contribution in [3.05, 3.63) is 83.9 Å². The lowest BCUT2D eigenvalue weighted by Gasteiger charge is -2.41. The highest BCUT2D eigenvalue weighted by molar-refractivity contribution is 5.70. The molecule has 3 aromatic carbocycles. The Morgan fingerprint density at radius 1 is 0.906 bits per heavy atom. The second kappa shape index (κ2) is 9.85. The van der Waals surface area contributed by atoms with Crippen LogP contribution >= 0.6 is 0 Å². The number of esters is 1. The smallest absolute Gasteiger partial charge is 0.331 e. The van der Waals surface area contributed by atoms with Gasteiger partial charge in [0.05, 0.1) is 27.4 Å². The van der Waals surface area contributed by atoms with Gasteiger partial charge in [-0.3, -0.25) is 0 Å². The second-order valence-electron chi connectivity index (χ2n) is 7.59. The minimum atomic E-state index is -0.612. The van der Waals surface area contributed by atoms with Gasteiger partial charge < -0.3 is 23.7 Å². The Balaban J connectivity index is 1.38. The van der Waals surface area contributed by atoms with Crippen molar-refractivity contribution in [2.24, 2.45) is 0 Å². The van der Waals surface area contributed by atoms with Crippen LogP contribution in [0.3, 0.4) is 0 Å². The summed E-state index contributed by atoms with van der Waals surface area (Å²) in [5, 5.41) is 0. The monoisotopic (exact) mass is 434 g/mol. The molecule has 0 atom stereocenters. The first-order chi connectivity index (χ1) is 15.6. The van der Waals surface area contributed by atoms with E-state index in [4.69, 9.17) is 18.9 Å². The third-order valence-electron chi connectivity index (χ3n) is 5.50. The minimum Gasteiger partial charge on any atom is -0.497 e. The molecular weight excluding hydrogens is 408 g/mol. The lowest BCUT2D eigenvalue weighted by molar-refractivity contribution is -0.220. The van der Waals surface area contributed by atoms with Crippen LogP contribution in [0.1, 0.15) is 11.1 Å². The van der Waals surface area contributed by atoms with Crippen molar-refractivity contribution in [2.45, 2.75) is 12.2 Å². The predicted molar refractivity (Wildman–Crippen MR) is 120 cm³/mol. The molecule has 0 spiro atoms. The number of hydrogen-bond acceptors (Lipinski definition) is 6. The summed E-state index contributed by atoms with van der Waals surface area (Å²) in [7, 11) is 3.00. The van der Waals surface area contributed by atoms with Gasteiger partial charge in [0.1, 0.15) is 30.3 Å². The maximum atomic E-state index is 11.4. The summed E-state index contributed by atoms with van der Waals surface area (Å²) in [6, 6.07) is 24.0. The van der Waals surface area contributed by atoms with Crippen molar-refractivity contribution in [3.8, 4) is 22.6 Å². The molecule has 0 bridgehead atoms. The zero-order valence-electron chi connectivity index (χ0n) is 18.2. The maximum absolute atomic E-state index is 11.4. The first kappa shape index (κ1) is 21.9. The minimum absolute atomic E-state index is 0.108. The summed E-state index contributed by atoms with van der Waals surface area (Å²) in [6.45, 7) is 1.16. The molecule has 0 N–H and O–H groups in total. The van der Waals surface area contributed by atoms with Crippen molar-refractivity contribution in [1.82, 2.24) is 0 Å². The number of hydrogen-bond donors (Lipinski definition) is 0. The molecule has 4 rings (SSSR count). The number of rotatable bonds is 9. The Labute approximate surface area is 187 Å². The van der Waals surface area contributed by atoms with Crippen molar-refractivity contribution < 1.29 is 28.5 Å². The van der Waals surface area contributed by atoms with E-state index in [1.165, 1.54) is 7.11 Å². The molecule has 1 aliphatic rings. The zero-order valence-corrected chi connectivity index (χ0v) is 18.2. The van der Waals surface area contributed by atoms with Crippen LogP contribution in [0.5, 0.6) is 11.5 Å². The molecule has 0 aromatic heterocycles. The van der Waals surface area contributed by atoms with E-state index in [0.717, 1.165) is 33.8 Å². The van der Waals surface area contributed by atoms with Gasteiger partial charge in [0.2, 0.25) is 0 Å². The number of carbonyl (C=O) groups is 1.